The molecule has 0 aliphatic rings. The van der Waals surface area contributed by atoms with Crippen LogP contribution in [0.4, 0.5) is 0 Å². The van der Waals surface area contributed by atoms with Crippen molar-refractivity contribution < 1.29 is 4.42 Å². The highest BCUT2D eigenvalue weighted by Gasteiger charge is 2.13. The molecular formula is C12H17NOS. The molecule has 0 amide bonds. The van der Waals surface area contributed by atoms with Gasteiger partial charge in [0.25, 0.3) is 0 Å². The van der Waals surface area contributed by atoms with E-state index >= 15 is 0 Å². The fourth-order valence-electron chi connectivity index (χ4n) is 1.10. The second kappa shape index (κ2) is 5.29. The summed E-state index contributed by atoms with van der Waals surface area (Å²) in [7, 11) is 0. The van der Waals surface area contributed by atoms with Gasteiger partial charge >= 0.3 is 0 Å². The van der Waals surface area contributed by atoms with Gasteiger partial charge in [-0.2, -0.15) is 11.8 Å². The number of thioether (sulfide) groups is 1. The van der Waals surface area contributed by atoms with Gasteiger partial charge in [-0.1, -0.05) is 5.92 Å². The number of hydrogen-bond donors (Lipinski definition) is 1. The molecule has 1 N–H and O–H groups in total. The monoisotopic (exact) mass is 223 g/mol. The Morgan fingerprint density at radius 2 is 2.13 bits per heavy atom. The van der Waals surface area contributed by atoms with Crippen LogP contribution in [0.5, 0.6) is 0 Å². The van der Waals surface area contributed by atoms with Gasteiger partial charge < -0.3 is 4.42 Å². The molecule has 0 atom stereocenters. The first-order valence-corrected chi connectivity index (χ1v) is 6.26. The zero-order chi connectivity index (χ0) is 11.3. The standard InChI is InChI=1S/C12H17NOS/c1-5-12(2,3)13-8-10-6-7-11(14-10)9-15-4/h1,6-7,13H,8-9H2,2-4H3. The van der Waals surface area contributed by atoms with Gasteiger partial charge in [-0.25, -0.2) is 0 Å². The highest BCUT2D eigenvalue weighted by molar-refractivity contribution is 7.97. The molecule has 3 heteroatoms. The van der Waals surface area contributed by atoms with Crippen LogP contribution in [0.15, 0.2) is 16.5 Å². The fourth-order valence-corrected chi connectivity index (χ4v) is 1.54. The van der Waals surface area contributed by atoms with Gasteiger partial charge in [0.15, 0.2) is 0 Å². The van der Waals surface area contributed by atoms with Crippen LogP contribution in [0.25, 0.3) is 0 Å². The van der Waals surface area contributed by atoms with Crippen molar-refractivity contribution in [1.29, 1.82) is 0 Å². The third-order valence-corrected chi connectivity index (χ3v) is 2.64. The third kappa shape index (κ3) is 4.03. The third-order valence-electron chi connectivity index (χ3n) is 2.07. The number of furan rings is 1. The molecule has 15 heavy (non-hydrogen) atoms. The SMILES string of the molecule is C#CC(C)(C)NCc1ccc(CSC)o1. The van der Waals surface area contributed by atoms with Crippen LogP contribution in [-0.2, 0) is 12.3 Å². The lowest BCUT2D eigenvalue weighted by Crippen LogP contribution is -2.36. The Morgan fingerprint density at radius 1 is 1.47 bits per heavy atom. The van der Waals surface area contributed by atoms with Crippen LogP contribution in [-0.4, -0.2) is 11.8 Å². The smallest absolute Gasteiger partial charge is 0.118 e. The topological polar surface area (TPSA) is 25.2 Å². The average molecular weight is 223 g/mol. The molecule has 0 aliphatic carbocycles. The van der Waals surface area contributed by atoms with E-state index in [-0.39, 0.29) is 5.54 Å². The Kier molecular flexibility index (Phi) is 4.31. The van der Waals surface area contributed by atoms with E-state index in [0.29, 0.717) is 6.54 Å². The number of terminal acetylenes is 1. The van der Waals surface area contributed by atoms with E-state index in [2.05, 4.69) is 17.5 Å². The lowest BCUT2D eigenvalue weighted by atomic mass is 10.1. The number of nitrogens with one attached hydrogen (secondary N) is 1. The van der Waals surface area contributed by atoms with Crippen LogP contribution < -0.4 is 5.32 Å². The fraction of sp³-hybridized carbons (Fsp3) is 0.500. The Bertz CT molecular complexity index is 349. The van der Waals surface area contributed by atoms with Crippen LogP contribution >= 0.6 is 11.8 Å². The van der Waals surface area contributed by atoms with Crippen molar-refractivity contribution in [3.63, 3.8) is 0 Å². The summed E-state index contributed by atoms with van der Waals surface area (Å²) in [5.74, 6) is 5.55. The van der Waals surface area contributed by atoms with Crippen LogP contribution in [0.1, 0.15) is 25.4 Å². The van der Waals surface area contributed by atoms with Gasteiger partial charge in [0.05, 0.1) is 17.8 Å². The molecular weight excluding hydrogens is 206 g/mol. The highest BCUT2D eigenvalue weighted by atomic mass is 32.2. The summed E-state index contributed by atoms with van der Waals surface area (Å²) in [4.78, 5) is 0. The van der Waals surface area contributed by atoms with Gasteiger partial charge in [-0.3, -0.25) is 5.32 Å². The van der Waals surface area contributed by atoms with Gasteiger partial charge in [0.1, 0.15) is 11.5 Å². The maximum absolute atomic E-state index is 5.61. The average Bonchev–Trinajstić information content (AvgIpc) is 2.64. The van der Waals surface area contributed by atoms with Crippen molar-refractivity contribution in [2.45, 2.75) is 31.7 Å². The molecule has 1 aromatic heterocycles. The van der Waals surface area contributed by atoms with Gasteiger partial charge in [0.2, 0.25) is 0 Å². The molecule has 82 valence electrons. The van der Waals surface area contributed by atoms with Crippen molar-refractivity contribution in [2.75, 3.05) is 6.26 Å². The quantitative estimate of drug-likeness (QED) is 0.777. The molecule has 0 fully saturated rings. The molecule has 0 saturated heterocycles. The lowest BCUT2D eigenvalue weighted by Gasteiger charge is -2.18. The van der Waals surface area contributed by atoms with Crippen LogP contribution in [0.2, 0.25) is 0 Å². The van der Waals surface area contributed by atoms with Crippen LogP contribution in [0, 0.1) is 12.3 Å². The maximum Gasteiger partial charge on any atom is 0.118 e. The van der Waals surface area contributed by atoms with E-state index in [9.17, 15) is 0 Å². The molecule has 2 nitrogen and oxygen atoms in total. The first kappa shape index (κ1) is 12.2. The van der Waals surface area contributed by atoms with Crippen molar-refractivity contribution in [2.24, 2.45) is 0 Å². The van der Waals surface area contributed by atoms with Crippen LogP contribution in [0.3, 0.4) is 0 Å². The minimum Gasteiger partial charge on any atom is -0.464 e. The Morgan fingerprint density at radius 3 is 2.73 bits per heavy atom. The minimum atomic E-state index is -0.285. The van der Waals surface area contributed by atoms with E-state index in [1.54, 1.807) is 11.8 Å². The second-order valence-electron chi connectivity index (χ2n) is 3.92. The second-order valence-corrected chi connectivity index (χ2v) is 4.79. The Hall–Kier alpha value is -0.850. The summed E-state index contributed by atoms with van der Waals surface area (Å²) in [5, 5.41) is 3.24. The Balaban J connectivity index is 2.48. The molecule has 0 radical (unpaired) electrons. The van der Waals surface area contributed by atoms with Gasteiger partial charge in [-0.15, -0.1) is 6.42 Å². The van der Waals surface area contributed by atoms with Gasteiger partial charge in [0, 0.05) is 0 Å². The normalized spacial score (nSPS) is 11.3. The number of hydrogen-bond acceptors (Lipinski definition) is 3. The molecule has 0 aromatic carbocycles. The first-order valence-electron chi connectivity index (χ1n) is 4.87. The summed E-state index contributed by atoms with van der Waals surface area (Å²) in [5.41, 5.74) is -0.285. The molecule has 1 aromatic rings. The van der Waals surface area contributed by atoms with E-state index in [1.807, 2.05) is 26.0 Å². The molecule has 0 bridgehead atoms. The van der Waals surface area contributed by atoms with E-state index in [4.69, 9.17) is 10.8 Å². The maximum atomic E-state index is 5.61. The summed E-state index contributed by atoms with van der Waals surface area (Å²) in [6.45, 7) is 4.61. The minimum absolute atomic E-state index is 0.285. The zero-order valence-electron chi connectivity index (χ0n) is 9.46. The van der Waals surface area contributed by atoms with Crippen molar-refractivity contribution >= 4 is 11.8 Å². The predicted molar refractivity (Wildman–Crippen MR) is 65.7 cm³/mol. The predicted octanol–water partition coefficient (Wildman–Crippen LogP) is 2.64. The van der Waals surface area contributed by atoms with E-state index in [0.717, 1.165) is 17.3 Å². The summed E-state index contributed by atoms with van der Waals surface area (Å²) in [6.07, 6.45) is 7.43. The molecule has 1 rings (SSSR count). The lowest BCUT2D eigenvalue weighted by molar-refractivity contribution is 0.417. The molecule has 0 aliphatic heterocycles. The summed E-state index contributed by atoms with van der Waals surface area (Å²) < 4.78 is 5.61. The Labute approximate surface area is 95.8 Å². The van der Waals surface area contributed by atoms with E-state index < -0.39 is 0 Å². The molecule has 0 saturated carbocycles. The van der Waals surface area contributed by atoms with Crippen molar-refractivity contribution in [3.8, 4) is 12.3 Å². The summed E-state index contributed by atoms with van der Waals surface area (Å²) in [6, 6.07) is 4.00. The molecule has 1 heterocycles. The molecule has 0 spiro atoms. The highest BCUT2D eigenvalue weighted by Crippen LogP contribution is 2.14. The van der Waals surface area contributed by atoms with Crippen molar-refractivity contribution in [3.05, 3.63) is 23.7 Å². The first-order chi connectivity index (χ1) is 7.07. The molecule has 0 unspecified atom stereocenters. The van der Waals surface area contributed by atoms with Gasteiger partial charge in [-0.05, 0) is 32.2 Å². The zero-order valence-corrected chi connectivity index (χ0v) is 10.3. The van der Waals surface area contributed by atoms with E-state index in [1.165, 1.54) is 0 Å². The van der Waals surface area contributed by atoms with Crippen molar-refractivity contribution in [1.82, 2.24) is 5.32 Å². The largest absolute Gasteiger partial charge is 0.464 e. The number of rotatable bonds is 5. The summed E-state index contributed by atoms with van der Waals surface area (Å²) >= 11 is 1.75.